The third-order valence-electron chi connectivity index (χ3n) is 9.27. The Balaban J connectivity index is 1.52. The Kier molecular flexibility index (Phi) is 10.0. The lowest BCUT2D eigenvalue weighted by Crippen LogP contribution is -2.53. The van der Waals surface area contributed by atoms with Crippen molar-refractivity contribution in [2.75, 3.05) is 19.5 Å². The predicted molar refractivity (Wildman–Crippen MR) is 164 cm³/mol. The molecule has 0 radical (unpaired) electrons. The molecule has 1 fully saturated rings. The van der Waals surface area contributed by atoms with Gasteiger partial charge in [-0.05, 0) is 88.1 Å². The number of anilines is 1. The molecule has 0 amide bonds. The summed E-state index contributed by atoms with van der Waals surface area (Å²) < 4.78 is 10.3. The number of rotatable bonds is 11. The Morgan fingerprint density at radius 1 is 1.05 bits per heavy atom. The number of aliphatic imine (C=N–C) groups is 1. The molecule has 2 aromatic rings. The van der Waals surface area contributed by atoms with Gasteiger partial charge in [-0.15, -0.1) is 0 Å². The molecule has 7 nitrogen and oxygen atoms in total. The van der Waals surface area contributed by atoms with Crippen LogP contribution in [0.15, 0.2) is 59.6 Å². The number of benzene rings is 2. The Labute approximate surface area is 249 Å². The topological polar surface area (TPSA) is 80.2 Å². The fourth-order valence-corrected chi connectivity index (χ4v) is 6.84. The van der Waals surface area contributed by atoms with Crippen molar-refractivity contribution in [3.05, 3.63) is 65.2 Å². The fourth-order valence-electron chi connectivity index (χ4n) is 6.71. The van der Waals surface area contributed by atoms with Gasteiger partial charge in [0.1, 0.15) is 0 Å². The van der Waals surface area contributed by atoms with Crippen LogP contribution < -0.4 is 5.32 Å². The summed E-state index contributed by atoms with van der Waals surface area (Å²) in [4.78, 5) is 32.7. The van der Waals surface area contributed by atoms with Gasteiger partial charge in [0.05, 0.1) is 32.6 Å². The Morgan fingerprint density at radius 3 is 2.32 bits per heavy atom. The van der Waals surface area contributed by atoms with Crippen molar-refractivity contribution in [1.82, 2.24) is 4.90 Å². The molecule has 0 saturated heterocycles. The van der Waals surface area contributed by atoms with Gasteiger partial charge in [-0.1, -0.05) is 54.8 Å². The first kappa shape index (κ1) is 30.9. The molecule has 0 bridgehead atoms. The van der Waals surface area contributed by atoms with E-state index >= 15 is 0 Å². The molecule has 1 aliphatic heterocycles. The highest BCUT2D eigenvalue weighted by Crippen LogP contribution is 2.44. The van der Waals surface area contributed by atoms with Crippen LogP contribution in [0.4, 0.5) is 5.69 Å². The van der Waals surface area contributed by atoms with Gasteiger partial charge in [-0.2, -0.15) is 0 Å². The van der Waals surface area contributed by atoms with Crippen molar-refractivity contribution in [2.24, 2.45) is 16.8 Å². The minimum atomic E-state index is -1.15. The average molecular weight is 582 g/mol. The van der Waals surface area contributed by atoms with Crippen LogP contribution in [-0.4, -0.2) is 54.5 Å². The summed E-state index contributed by atoms with van der Waals surface area (Å²) in [5.41, 5.74) is 0.998. The van der Waals surface area contributed by atoms with Crippen molar-refractivity contribution >= 4 is 35.6 Å². The molecule has 222 valence electrons. The van der Waals surface area contributed by atoms with Crippen LogP contribution in [0, 0.1) is 11.8 Å². The Hall–Kier alpha value is -3.06. The van der Waals surface area contributed by atoms with E-state index in [9.17, 15) is 9.59 Å². The second kappa shape index (κ2) is 13.3. The van der Waals surface area contributed by atoms with E-state index in [1.54, 1.807) is 6.34 Å². The van der Waals surface area contributed by atoms with Gasteiger partial charge in [0.15, 0.2) is 5.54 Å². The highest BCUT2D eigenvalue weighted by Gasteiger charge is 2.54. The van der Waals surface area contributed by atoms with E-state index in [0.717, 1.165) is 48.4 Å². The maximum atomic E-state index is 13.4. The van der Waals surface area contributed by atoms with Crippen LogP contribution >= 0.6 is 11.6 Å². The van der Waals surface area contributed by atoms with Gasteiger partial charge in [0.25, 0.3) is 0 Å². The summed E-state index contributed by atoms with van der Waals surface area (Å²) in [7, 11) is 2.77. The van der Waals surface area contributed by atoms with Gasteiger partial charge in [-0.3, -0.25) is 9.79 Å². The molecule has 1 N–H and O–H groups in total. The number of halogens is 1. The van der Waals surface area contributed by atoms with Crippen LogP contribution in [-0.2, 0) is 19.1 Å². The molecule has 1 heterocycles. The first-order valence-electron chi connectivity index (χ1n) is 14.7. The second-order valence-electron chi connectivity index (χ2n) is 12.1. The van der Waals surface area contributed by atoms with Gasteiger partial charge < -0.3 is 19.7 Å². The van der Waals surface area contributed by atoms with Crippen molar-refractivity contribution in [2.45, 2.75) is 88.9 Å². The van der Waals surface area contributed by atoms with E-state index in [-0.39, 0.29) is 36.4 Å². The van der Waals surface area contributed by atoms with E-state index in [1.807, 2.05) is 42.5 Å². The van der Waals surface area contributed by atoms with Gasteiger partial charge in [0.2, 0.25) is 0 Å². The van der Waals surface area contributed by atoms with Gasteiger partial charge >= 0.3 is 11.9 Å². The number of methoxy groups -OCH3 is 2. The molecule has 1 aliphatic carbocycles. The quantitative estimate of drug-likeness (QED) is 0.286. The molecule has 0 spiro atoms. The molecule has 3 atom stereocenters. The maximum absolute atomic E-state index is 13.4. The van der Waals surface area contributed by atoms with Crippen LogP contribution in [0.25, 0.3) is 0 Å². The van der Waals surface area contributed by atoms with Crippen molar-refractivity contribution in [1.29, 1.82) is 0 Å². The molecule has 1 saturated carbocycles. The maximum Gasteiger partial charge on any atom is 0.335 e. The number of nitrogens with zero attached hydrogens (tertiary/aromatic N) is 2. The lowest BCUT2D eigenvalue weighted by atomic mass is 9.70. The monoisotopic (exact) mass is 581 g/mol. The summed E-state index contributed by atoms with van der Waals surface area (Å²) in [6.07, 6.45) is 7.26. The number of hydrogen-bond acceptors (Lipinski definition) is 7. The van der Waals surface area contributed by atoms with Crippen molar-refractivity contribution < 1.29 is 19.1 Å². The summed E-state index contributed by atoms with van der Waals surface area (Å²) in [5.74, 6) is 0.190. The standard InChI is InChI=1S/C33H44ClN3O4/c1-23(25-9-7-6-8-10-25)37-22-35-33(31(39)41-5,20-19-30(38)40-4)29(37)21-24-11-13-26(14-12-24)32(2,3)36-28-17-15-27(34)16-18-28/h6-10,15-18,22-24,26,29,36H,11-14,19-21H2,1-5H3. The van der Waals surface area contributed by atoms with Crippen LogP contribution in [0.3, 0.4) is 0 Å². The normalized spacial score (nSPS) is 25.0. The lowest BCUT2D eigenvalue weighted by Gasteiger charge is -2.43. The van der Waals surface area contributed by atoms with E-state index < -0.39 is 11.5 Å². The third-order valence-corrected chi connectivity index (χ3v) is 9.53. The molecule has 3 unspecified atom stereocenters. The van der Waals surface area contributed by atoms with Crippen molar-refractivity contribution in [3.8, 4) is 0 Å². The van der Waals surface area contributed by atoms with Gasteiger partial charge in [-0.25, -0.2) is 4.79 Å². The van der Waals surface area contributed by atoms with E-state index in [0.29, 0.717) is 11.8 Å². The van der Waals surface area contributed by atoms with Crippen LogP contribution in [0.2, 0.25) is 5.02 Å². The minimum Gasteiger partial charge on any atom is -0.469 e. The van der Waals surface area contributed by atoms with Crippen LogP contribution in [0.1, 0.15) is 77.3 Å². The summed E-state index contributed by atoms with van der Waals surface area (Å²) in [6, 6.07) is 17.9. The summed E-state index contributed by atoms with van der Waals surface area (Å²) in [6.45, 7) is 6.69. The molecule has 8 heteroatoms. The minimum absolute atomic E-state index is 0.00783. The molecule has 0 aromatic heterocycles. The fraction of sp³-hybridized carbons (Fsp3) is 0.545. The highest BCUT2D eigenvalue weighted by molar-refractivity contribution is 6.30. The molecular formula is C33H44ClN3O4. The number of hydrogen-bond donors (Lipinski definition) is 1. The largest absolute Gasteiger partial charge is 0.469 e. The first-order chi connectivity index (χ1) is 19.6. The van der Waals surface area contributed by atoms with E-state index in [1.165, 1.54) is 14.2 Å². The van der Waals surface area contributed by atoms with Gasteiger partial charge in [0, 0.05) is 22.7 Å². The average Bonchev–Trinajstić information content (AvgIpc) is 3.35. The van der Waals surface area contributed by atoms with E-state index in [2.05, 4.69) is 43.1 Å². The van der Waals surface area contributed by atoms with Crippen LogP contribution in [0.5, 0.6) is 0 Å². The van der Waals surface area contributed by atoms with Crippen molar-refractivity contribution in [3.63, 3.8) is 0 Å². The SMILES string of the molecule is COC(=O)CCC1(C(=O)OC)N=CN(C(C)c2ccccc2)C1CC1CCC(C(C)(C)Nc2ccc(Cl)cc2)CC1. The summed E-state index contributed by atoms with van der Waals surface area (Å²) in [5, 5.41) is 4.45. The number of carbonyl (C=O) groups is 2. The first-order valence-corrected chi connectivity index (χ1v) is 15.0. The third kappa shape index (κ3) is 7.06. The molecule has 41 heavy (non-hydrogen) atoms. The number of carbonyl (C=O) groups excluding carboxylic acids is 2. The molecule has 4 rings (SSSR count). The second-order valence-corrected chi connectivity index (χ2v) is 12.5. The zero-order chi connectivity index (χ0) is 29.6. The molecule has 2 aromatic carbocycles. The Bertz CT molecular complexity index is 1190. The predicted octanol–water partition coefficient (Wildman–Crippen LogP) is 7.07. The number of nitrogens with one attached hydrogen (secondary N) is 1. The smallest absolute Gasteiger partial charge is 0.335 e. The van der Waals surface area contributed by atoms with E-state index in [4.69, 9.17) is 26.1 Å². The zero-order valence-electron chi connectivity index (χ0n) is 24.9. The number of esters is 2. The lowest BCUT2D eigenvalue weighted by molar-refractivity contribution is -0.150. The number of ether oxygens (including phenoxy) is 2. The molecule has 2 aliphatic rings. The highest BCUT2D eigenvalue weighted by atomic mass is 35.5. The zero-order valence-corrected chi connectivity index (χ0v) is 25.7. The Morgan fingerprint density at radius 2 is 1.71 bits per heavy atom. The molecular weight excluding hydrogens is 538 g/mol. The summed E-state index contributed by atoms with van der Waals surface area (Å²) >= 11 is 6.08.